The van der Waals surface area contributed by atoms with Gasteiger partial charge in [0.25, 0.3) is 5.91 Å². The zero-order chi connectivity index (χ0) is 17.2. The Morgan fingerprint density at radius 2 is 2.24 bits per heavy atom. The number of hydrogen-bond acceptors (Lipinski definition) is 4. The molecule has 0 bridgehead atoms. The number of methoxy groups -OCH3 is 1. The number of fused-ring (bicyclic) bond motifs is 1. The monoisotopic (exact) mass is 340 g/mol. The van der Waals surface area contributed by atoms with E-state index in [2.05, 4.69) is 16.5 Å². The Morgan fingerprint density at radius 3 is 3.04 bits per heavy atom. The van der Waals surface area contributed by atoms with Crippen LogP contribution in [0.3, 0.4) is 0 Å². The average Bonchev–Trinajstić information content (AvgIpc) is 3.17. The highest BCUT2D eigenvalue weighted by Crippen LogP contribution is 2.25. The Balaban J connectivity index is 1.48. The van der Waals surface area contributed by atoms with Crippen molar-refractivity contribution >= 4 is 5.91 Å². The Bertz CT molecular complexity index is 765. The van der Waals surface area contributed by atoms with E-state index in [1.807, 2.05) is 34.0 Å². The molecule has 3 heterocycles. The van der Waals surface area contributed by atoms with Gasteiger partial charge >= 0.3 is 0 Å². The fourth-order valence-corrected chi connectivity index (χ4v) is 3.71. The fourth-order valence-electron chi connectivity index (χ4n) is 3.71. The summed E-state index contributed by atoms with van der Waals surface area (Å²) in [5.74, 6) is 0.845. The van der Waals surface area contributed by atoms with Crippen molar-refractivity contribution in [1.29, 1.82) is 0 Å². The lowest BCUT2D eigenvalue weighted by atomic mass is 9.99. The van der Waals surface area contributed by atoms with E-state index in [1.165, 1.54) is 5.56 Å². The van der Waals surface area contributed by atoms with Gasteiger partial charge < -0.3 is 15.0 Å². The van der Waals surface area contributed by atoms with Crippen LogP contribution in [0.2, 0.25) is 0 Å². The van der Waals surface area contributed by atoms with Crippen LogP contribution in [0.1, 0.15) is 40.5 Å². The molecule has 132 valence electrons. The zero-order valence-corrected chi connectivity index (χ0v) is 14.6. The van der Waals surface area contributed by atoms with E-state index in [-0.39, 0.29) is 5.91 Å². The van der Waals surface area contributed by atoms with Crippen molar-refractivity contribution in [3.05, 3.63) is 47.3 Å². The first kappa shape index (κ1) is 16.1. The van der Waals surface area contributed by atoms with E-state index >= 15 is 0 Å². The van der Waals surface area contributed by atoms with Gasteiger partial charge in [0.05, 0.1) is 13.2 Å². The van der Waals surface area contributed by atoms with Gasteiger partial charge in [-0.15, -0.1) is 0 Å². The standard InChI is InChI=1S/C19H24N4O2/c1-25-17-5-4-14-6-9-22(13-15(14)11-17)19(24)18-7-10-23(21-18)16-3-2-8-20-12-16/h4-5,7,10-11,16,20H,2-3,6,8-9,12-13H2,1H3. The van der Waals surface area contributed by atoms with Gasteiger partial charge in [-0.1, -0.05) is 6.07 Å². The molecule has 0 spiro atoms. The summed E-state index contributed by atoms with van der Waals surface area (Å²) in [7, 11) is 1.67. The highest BCUT2D eigenvalue weighted by atomic mass is 16.5. The third kappa shape index (κ3) is 3.26. The van der Waals surface area contributed by atoms with Crippen molar-refractivity contribution < 1.29 is 9.53 Å². The molecule has 0 radical (unpaired) electrons. The van der Waals surface area contributed by atoms with Gasteiger partial charge in [0.15, 0.2) is 0 Å². The minimum absolute atomic E-state index is 0.0102. The van der Waals surface area contributed by atoms with E-state index in [4.69, 9.17) is 4.74 Å². The van der Waals surface area contributed by atoms with E-state index in [0.717, 1.165) is 50.2 Å². The molecule has 1 saturated heterocycles. The quantitative estimate of drug-likeness (QED) is 0.929. The Labute approximate surface area is 147 Å². The van der Waals surface area contributed by atoms with Crippen LogP contribution in [0.5, 0.6) is 5.75 Å². The smallest absolute Gasteiger partial charge is 0.274 e. The van der Waals surface area contributed by atoms with Crippen LogP contribution in [-0.2, 0) is 13.0 Å². The summed E-state index contributed by atoms with van der Waals surface area (Å²) in [5, 5.41) is 7.95. The molecular weight excluding hydrogens is 316 g/mol. The zero-order valence-electron chi connectivity index (χ0n) is 14.6. The lowest BCUT2D eigenvalue weighted by Gasteiger charge is -2.28. The van der Waals surface area contributed by atoms with Crippen LogP contribution in [0.15, 0.2) is 30.5 Å². The molecule has 1 fully saturated rings. The number of carbonyl (C=O) groups excluding carboxylic acids is 1. The molecule has 2 aliphatic heterocycles. The van der Waals surface area contributed by atoms with Crippen LogP contribution < -0.4 is 10.1 Å². The maximum atomic E-state index is 12.9. The molecule has 1 aromatic heterocycles. The van der Waals surface area contributed by atoms with Crippen molar-refractivity contribution in [3.8, 4) is 5.75 Å². The Hall–Kier alpha value is -2.34. The lowest BCUT2D eigenvalue weighted by Crippen LogP contribution is -2.36. The number of aromatic nitrogens is 2. The van der Waals surface area contributed by atoms with Crippen LogP contribution in [0.4, 0.5) is 0 Å². The molecule has 1 N–H and O–H groups in total. The molecule has 2 aromatic rings. The molecular formula is C19H24N4O2. The topological polar surface area (TPSA) is 59.4 Å². The first-order chi connectivity index (χ1) is 12.2. The normalized spacial score (nSPS) is 20.2. The minimum Gasteiger partial charge on any atom is -0.497 e. The van der Waals surface area contributed by atoms with Crippen LogP contribution in [0, 0.1) is 0 Å². The van der Waals surface area contributed by atoms with Crippen molar-refractivity contribution in [2.24, 2.45) is 0 Å². The molecule has 1 unspecified atom stereocenters. The highest BCUT2D eigenvalue weighted by Gasteiger charge is 2.25. The predicted molar refractivity (Wildman–Crippen MR) is 94.8 cm³/mol. The molecule has 6 nitrogen and oxygen atoms in total. The first-order valence-electron chi connectivity index (χ1n) is 8.95. The summed E-state index contributed by atoms with van der Waals surface area (Å²) in [5.41, 5.74) is 3.00. The molecule has 0 saturated carbocycles. The first-order valence-corrected chi connectivity index (χ1v) is 8.95. The van der Waals surface area contributed by atoms with Crippen LogP contribution in [-0.4, -0.2) is 47.3 Å². The van der Waals surface area contributed by atoms with Gasteiger partial charge in [0.1, 0.15) is 11.4 Å². The summed E-state index contributed by atoms with van der Waals surface area (Å²) in [6.45, 7) is 3.34. The maximum Gasteiger partial charge on any atom is 0.274 e. The van der Waals surface area contributed by atoms with Gasteiger partial charge in [0, 0.05) is 25.8 Å². The Kier molecular flexibility index (Phi) is 4.44. The van der Waals surface area contributed by atoms with Crippen LogP contribution >= 0.6 is 0 Å². The second-order valence-electron chi connectivity index (χ2n) is 6.79. The molecule has 1 atom stereocenters. The molecule has 0 aliphatic carbocycles. The van der Waals surface area contributed by atoms with Crippen molar-refractivity contribution in [1.82, 2.24) is 20.0 Å². The second-order valence-corrected chi connectivity index (χ2v) is 6.79. The summed E-state index contributed by atoms with van der Waals surface area (Å²) >= 11 is 0. The van der Waals surface area contributed by atoms with E-state index in [1.54, 1.807) is 7.11 Å². The number of piperidine rings is 1. The molecule has 1 aromatic carbocycles. The number of benzene rings is 1. The molecule has 4 rings (SSSR count). The molecule has 25 heavy (non-hydrogen) atoms. The molecule has 1 amide bonds. The summed E-state index contributed by atoms with van der Waals surface area (Å²) in [4.78, 5) is 14.7. The van der Waals surface area contributed by atoms with Gasteiger partial charge in [-0.3, -0.25) is 9.48 Å². The number of rotatable bonds is 3. The maximum absolute atomic E-state index is 12.9. The lowest BCUT2D eigenvalue weighted by molar-refractivity contribution is 0.0727. The fraction of sp³-hybridized carbons (Fsp3) is 0.474. The van der Waals surface area contributed by atoms with E-state index < -0.39 is 0 Å². The summed E-state index contributed by atoms with van der Waals surface area (Å²) in [6.07, 6.45) is 5.07. The largest absolute Gasteiger partial charge is 0.497 e. The Morgan fingerprint density at radius 1 is 1.32 bits per heavy atom. The van der Waals surface area contributed by atoms with Crippen molar-refractivity contribution in [2.75, 3.05) is 26.7 Å². The van der Waals surface area contributed by atoms with Gasteiger partial charge in [-0.25, -0.2) is 0 Å². The van der Waals surface area contributed by atoms with Crippen molar-refractivity contribution in [2.45, 2.75) is 31.8 Å². The molecule has 6 heteroatoms. The number of ether oxygens (including phenoxy) is 1. The number of carbonyl (C=O) groups is 1. The SMILES string of the molecule is COc1ccc2c(c1)CN(C(=O)c1ccn(C3CCCNC3)n1)CC2. The number of nitrogens with zero attached hydrogens (tertiary/aromatic N) is 3. The second kappa shape index (κ2) is 6.88. The predicted octanol–water partition coefficient (Wildman–Crippen LogP) is 2.01. The summed E-state index contributed by atoms with van der Waals surface area (Å²) < 4.78 is 7.25. The number of hydrogen-bond donors (Lipinski definition) is 1. The summed E-state index contributed by atoms with van der Waals surface area (Å²) in [6, 6.07) is 8.30. The van der Waals surface area contributed by atoms with Gasteiger partial charge in [-0.05, 0) is 55.1 Å². The van der Waals surface area contributed by atoms with Crippen molar-refractivity contribution in [3.63, 3.8) is 0 Å². The highest BCUT2D eigenvalue weighted by molar-refractivity contribution is 5.92. The minimum atomic E-state index is 0.0102. The third-order valence-corrected chi connectivity index (χ3v) is 5.19. The third-order valence-electron chi connectivity index (χ3n) is 5.19. The van der Waals surface area contributed by atoms with E-state index in [0.29, 0.717) is 18.3 Å². The van der Waals surface area contributed by atoms with Gasteiger partial charge in [-0.2, -0.15) is 5.10 Å². The van der Waals surface area contributed by atoms with Gasteiger partial charge in [0.2, 0.25) is 0 Å². The van der Waals surface area contributed by atoms with E-state index in [9.17, 15) is 4.79 Å². The van der Waals surface area contributed by atoms with Crippen LogP contribution in [0.25, 0.3) is 0 Å². The molecule has 2 aliphatic rings. The number of amides is 1. The average molecular weight is 340 g/mol. The number of nitrogens with one attached hydrogen (secondary N) is 1.